The molecule has 0 unspecified atom stereocenters. The average Bonchev–Trinajstić information content (AvgIpc) is 3.25. The van der Waals surface area contributed by atoms with Crippen molar-refractivity contribution in [3.8, 4) is 17.4 Å². The van der Waals surface area contributed by atoms with Crippen LogP contribution in [0.25, 0.3) is 17.2 Å². The Balaban J connectivity index is 1.63. The molecule has 0 radical (unpaired) electrons. The molecule has 10 heteroatoms. The Kier molecular flexibility index (Phi) is 3.56. The molecule has 4 rings (SSSR count). The Morgan fingerprint density at radius 2 is 2.04 bits per heavy atom. The number of H-pyrrole nitrogens is 1. The molecule has 0 amide bonds. The van der Waals surface area contributed by atoms with Gasteiger partial charge in [-0.3, -0.25) is 0 Å². The fourth-order valence-electron chi connectivity index (χ4n) is 2.52. The molecule has 126 valence electrons. The van der Waals surface area contributed by atoms with Gasteiger partial charge in [-0.15, -0.1) is 5.10 Å². The van der Waals surface area contributed by atoms with Crippen molar-refractivity contribution in [2.45, 2.75) is 12.8 Å². The highest BCUT2D eigenvalue weighted by atomic mass is 19.2. The summed E-state index contributed by atoms with van der Waals surface area (Å²) in [5.41, 5.74) is 1.58. The highest BCUT2D eigenvalue weighted by molar-refractivity contribution is 5.57. The molecule has 3 heterocycles. The van der Waals surface area contributed by atoms with Gasteiger partial charge in [0.2, 0.25) is 5.88 Å². The molecule has 0 spiro atoms. The molecule has 2 N–H and O–H groups in total. The normalized spacial score (nSPS) is 11.3. The number of aromatic nitrogens is 7. The number of rotatable bonds is 4. The van der Waals surface area contributed by atoms with Crippen LogP contribution in [0.5, 0.6) is 5.88 Å². The van der Waals surface area contributed by atoms with E-state index in [0.717, 1.165) is 6.07 Å². The summed E-state index contributed by atoms with van der Waals surface area (Å²) in [6.45, 7) is 0. The molecular formula is C15H11F2N7O. The first-order chi connectivity index (χ1) is 12.1. The zero-order chi connectivity index (χ0) is 17.4. The van der Waals surface area contributed by atoms with Crippen molar-refractivity contribution in [3.05, 3.63) is 53.2 Å². The van der Waals surface area contributed by atoms with Crippen LogP contribution in [0.1, 0.15) is 11.3 Å². The summed E-state index contributed by atoms with van der Waals surface area (Å²) in [7, 11) is 0. The quantitative estimate of drug-likeness (QED) is 0.584. The van der Waals surface area contributed by atoms with Crippen molar-refractivity contribution >= 4 is 5.65 Å². The number of aromatic hydroxyl groups is 1. The van der Waals surface area contributed by atoms with Crippen molar-refractivity contribution in [3.63, 3.8) is 0 Å². The molecule has 0 aliphatic heterocycles. The van der Waals surface area contributed by atoms with Gasteiger partial charge in [0.15, 0.2) is 23.1 Å². The molecule has 0 saturated heterocycles. The zero-order valence-corrected chi connectivity index (χ0v) is 12.7. The molecule has 0 saturated carbocycles. The predicted molar refractivity (Wildman–Crippen MR) is 81.6 cm³/mol. The number of hydrogen-bond acceptors (Lipinski definition) is 6. The van der Waals surface area contributed by atoms with Crippen molar-refractivity contribution in [2.75, 3.05) is 0 Å². The molecule has 0 aliphatic rings. The number of benzene rings is 1. The zero-order valence-electron chi connectivity index (χ0n) is 12.7. The van der Waals surface area contributed by atoms with Gasteiger partial charge in [0.1, 0.15) is 5.69 Å². The van der Waals surface area contributed by atoms with E-state index in [1.54, 1.807) is 6.07 Å². The van der Waals surface area contributed by atoms with Crippen LogP contribution < -0.4 is 0 Å². The fraction of sp³-hybridized carbons (Fsp3) is 0.133. The topological polar surface area (TPSA) is 105 Å². The van der Waals surface area contributed by atoms with Crippen LogP contribution in [0.2, 0.25) is 0 Å². The SMILES string of the molecule is Oc1cc(CCc2cccc(F)c2F)nc2cc(-c3nnn[nH]3)nn12. The van der Waals surface area contributed by atoms with E-state index in [2.05, 4.69) is 30.7 Å². The first-order valence-corrected chi connectivity index (χ1v) is 7.37. The fourth-order valence-corrected chi connectivity index (χ4v) is 2.52. The third-order valence-corrected chi connectivity index (χ3v) is 3.73. The third kappa shape index (κ3) is 2.77. The lowest BCUT2D eigenvalue weighted by atomic mass is 10.1. The molecule has 0 atom stereocenters. The van der Waals surface area contributed by atoms with Gasteiger partial charge in [-0.1, -0.05) is 12.1 Å². The summed E-state index contributed by atoms with van der Waals surface area (Å²) in [6.07, 6.45) is 0.577. The van der Waals surface area contributed by atoms with Gasteiger partial charge in [-0.25, -0.2) is 18.9 Å². The molecule has 4 aromatic rings. The number of aromatic amines is 1. The number of halogens is 2. The molecule has 8 nitrogen and oxygen atoms in total. The molecule has 25 heavy (non-hydrogen) atoms. The summed E-state index contributed by atoms with van der Waals surface area (Å²) in [6, 6.07) is 7.08. The van der Waals surface area contributed by atoms with Gasteiger partial charge >= 0.3 is 0 Å². The number of fused-ring (bicyclic) bond motifs is 1. The summed E-state index contributed by atoms with van der Waals surface area (Å²) >= 11 is 0. The number of tetrazole rings is 1. The van der Waals surface area contributed by atoms with Gasteiger partial charge in [-0.05, 0) is 34.9 Å². The number of nitrogens with zero attached hydrogens (tertiary/aromatic N) is 6. The first-order valence-electron chi connectivity index (χ1n) is 7.37. The number of nitrogens with one attached hydrogen (secondary N) is 1. The molecule has 0 fully saturated rings. The highest BCUT2D eigenvalue weighted by Gasteiger charge is 2.13. The Morgan fingerprint density at radius 1 is 1.16 bits per heavy atom. The largest absolute Gasteiger partial charge is 0.493 e. The minimum atomic E-state index is -0.884. The van der Waals surface area contributed by atoms with Gasteiger partial charge in [0.25, 0.3) is 0 Å². The smallest absolute Gasteiger partial charge is 0.215 e. The van der Waals surface area contributed by atoms with Crippen LogP contribution in [0, 0.1) is 11.6 Å². The maximum atomic E-state index is 13.7. The van der Waals surface area contributed by atoms with Crippen molar-refractivity contribution in [1.29, 1.82) is 0 Å². The number of aryl methyl sites for hydroxylation is 2. The van der Waals surface area contributed by atoms with E-state index in [9.17, 15) is 13.9 Å². The van der Waals surface area contributed by atoms with Crippen LogP contribution in [-0.4, -0.2) is 40.3 Å². The monoisotopic (exact) mass is 343 g/mol. The van der Waals surface area contributed by atoms with Gasteiger partial charge in [-0.2, -0.15) is 9.61 Å². The summed E-state index contributed by atoms with van der Waals surface area (Å²) < 4.78 is 28.2. The van der Waals surface area contributed by atoms with Crippen LogP contribution in [0.4, 0.5) is 8.78 Å². The minimum absolute atomic E-state index is 0.126. The van der Waals surface area contributed by atoms with Gasteiger partial charge in [0, 0.05) is 17.8 Å². The van der Waals surface area contributed by atoms with Crippen LogP contribution in [-0.2, 0) is 12.8 Å². The molecule has 3 aromatic heterocycles. The van der Waals surface area contributed by atoms with E-state index in [1.807, 2.05) is 0 Å². The minimum Gasteiger partial charge on any atom is -0.493 e. The average molecular weight is 343 g/mol. The van der Waals surface area contributed by atoms with E-state index in [0.29, 0.717) is 29.3 Å². The Labute approximate surface area is 139 Å². The van der Waals surface area contributed by atoms with E-state index >= 15 is 0 Å². The van der Waals surface area contributed by atoms with Crippen LogP contribution >= 0.6 is 0 Å². The first kappa shape index (κ1) is 15.1. The Bertz CT molecular complexity index is 1050. The summed E-state index contributed by atoms with van der Waals surface area (Å²) in [5, 5.41) is 27.5. The second-order valence-electron chi connectivity index (χ2n) is 5.37. The second kappa shape index (κ2) is 5.89. The molecule has 0 bridgehead atoms. The lowest BCUT2D eigenvalue weighted by Gasteiger charge is -2.05. The van der Waals surface area contributed by atoms with Gasteiger partial charge < -0.3 is 5.11 Å². The van der Waals surface area contributed by atoms with Crippen LogP contribution in [0.3, 0.4) is 0 Å². The maximum Gasteiger partial charge on any atom is 0.215 e. The van der Waals surface area contributed by atoms with Crippen LogP contribution in [0.15, 0.2) is 30.3 Å². The standard InChI is InChI=1S/C15H11F2N7O/c16-10-3-1-2-8(14(10)17)4-5-9-6-13(25)24-12(18-9)7-11(21-24)15-19-22-23-20-15/h1-3,6-7,25H,4-5H2,(H,19,20,22,23). The summed E-state index contributed by atoms with van der Waals surface area (Å²) in [5.74, 6) is -1.53. The number of hydrogen-bond donors (Lipinski definition) is 2. The van der Waals surface area contributed by atoms with Gasteiger partial charge in [0.05, 0.1) is 0 Å². The summed E-state index contributed by atoms with van der Waals surface area (Å²) in [4.78, 5) is 4.38. The Morgan fingerprint density at radius 3 is 2.84 bits per heavy atom. The molecule has 0 aliphatic carbocycles. The van der Waals surface area contributed by atoms with Crippen molar-refractivity contribution < 1.29 is 13.9 Å². The maximum absolute atomic E-state index is 13.7. The lowest BCUT2D eigenvalue weighted by molar-refractivity contribution is 0.434. The van der Waals surface area contributed by atoms with E-state index in [1.165, 1.54) is 22.7 Å². The second-order valence-corrected chi connectivity index (χ2v) is 5.37. The van der Waals surface area contributed by atoms with E-state index in [-0.39, 0.29) is 17.9 Å². The predicted octanol–water partition coefficient (Wildman–Crippen LogP) is 1.68. The highest BCUT2D eigenvalue weighted by Crippen LogP contribution is 2.20. The van der Waals surface area contributed by atoms with Crippen molar-refractivity contribution in [1.82, 2.24) is 35.2 Å². The van der Waals surface area contributed by atoms with E-state index < -0.39 is 11.6 Å². The molecular weight excluding hydrogens is 332 g/mol. The lowest BCUT2D eigenvalue weighted by Crippen LogP contribution is -2.01. The van der Waals surface area contributed by atoms with Crippen molar-refractivity contribution in [2.24, 2.45) is 0 Å². The van der Waals surface area contributed by atoms with E-state index in [4.69, 9.17) is 0 Å². The Hall–Kier alpha value is -3.43. The third-order valence-electron chi connectivity index (χ3n) is 3.73. The molecule has 1 aromatic carbocycles.